The maximum absolute atomic E-state index is 5.81. The Kier molecular flexibility index (Phi) is 2.66. The molecule has 3 rings (SSSR count). The van der Waals surface area contributed by atoms with Gasteiger partial charge in [-0.2, -0.15) is 9.50 Å². The third-order valence-electron chi connectivity index (χ3n) is 3.43. The van der Waals surface area contributed by atoms with Gasteiger partial charge in [0.1, 0.15) is 5.82 Å². The van der Waals surface area contributed by atoms with E-state index in [-0.39, 0.29) is 0 Å². The van der Waals surface area contributed by atoms with Gasteiger partial charge in [0, 0.05) is 23.8 Å². The van der Waals surface area contributed by atoms with Crippen molar-refractivity contribution in [3.8, 4) is 0 Å². The zero-order valence-corrected chi connectivity index (χ0v) is 11.6. The lowest BCUT2D eigenvalue weighted by atomic mass is 10.2. The van der Waals surface area contributed by atoms with Gasteiger partial charge in [-0.1, -0.05) is 0 Å². The van der Waals surface area contributed by atoms with E-state index in [9.17, 15) is 0 Å². The third-order valence-corrected chi connectivity index (χ3v) is 3.67. The predicted octanol–water partition coefficient (Wildman–Crippen LogP) is 1.94. The summed E-state index contributed by atoms with van der Waals surface area (Å²) >= 11 is 5.81. The second kappa shape index (κ2) is 4.09. The van der Waals surface area contributed by atoms with E-state index >= 15 is 0 Å². The molecule has 0 saturated heterocycles. The van der Waals surface area contributed by atoms with Crippen LogP contribution in [0.2, 0.25) is 0 Å². The average Bonchev–Trinajstić information content (AvgIpc) is 2.90. The second-order valence-corrected chi connectivity index (χ2v) is 5.18. The minimum atomic E-state index is 0.318. The summed E-state index contributed by atoms with van der Waals surface area (Å²) in [5.74, 6) is 2.73. The number of anilines is 1. The Morgan fingerprint density at radius 3 is 2.78 bits per heavy atom. The molecular formula is C12H16ClN5. The number of alkyl halides is 1. The molecule has 0 unspecified atom stereocenters. The molecule has 0 bridgehead atoms. The van der Waals surface area contributed by atoms with Gasteiger partial charge in [0.25, 0.3) is 5.78 Å². The van der Waals surface area contributed by atoms with Crippen molar-refractivity contribution in [1.29, 1.82) is 0 Å². The fourth-order valence-electron chi connectivity index (χ4n) is 2.55. The lowest BCUT2D eigenvalue weighted by Crippen LogP contribution is -2.30. The van der Waals surface area contributed by atoms with Crippen LogP contribution < -0.4 is 4.90 Å². The van der Waals surface area contributed by atoms with Gasteiger partial charge in [-0.05, 0) is 27.2 Å². The molecule has 1 aliphatic heterocycles. The normalized spacial score (nSPS) is 14.8. The molecule has 6 heteroatoms. The Morgan fingerprint density at radius 1 is 1.33 bits per heavy atom. The molecule has 96 valence electrons. The molecule has 0 aliphatic carbocycles. The molecule has 0 fully saturated rings. The maximum Gasteiger partial charge on any atom is 0.254 e. The van der Waals surface area contributed by atoms with Crippen LogP contribution in [0.15, 0.2) is 0 Å². The van der Waals surface area contributed by atoms with Gasteiger partial charge < -0.3 is 4.90 Å². The fraction of sp³-hybridized carbons (Fsp3) is 0.583. The van der Waals surface area contributed by atoms with E-state index in [2.05, 4.69) is 33.8 Å². The molecule has 5 nitrogen and oxygen atoms in total. The Balaban J connectivity index is 2.29. The monoisotopic (exact) mass is 265 g/mol. The maximum atomic E-state index is 5.81. The summed E-state index contributed by atoms with van der Waals surface area (Å²) in [5.41, 5.74) is 2.33. The highest BCUT2D eigenvalue weighted by molar-refractivity contribution is 6.16. The van der Waals surface area contributed by atoms with E-state index in [4.69, 9.17) is 11.6 Å². The average molecular weight is 266 g/mol. The summed E-state index contributed by atoms with van der Waals surface area (Å²) in [4.78, 5) is 11.2. The number of aromatic nitrogens is 4. The first-order valence-corrected chi connectivity index (χ1v) is 6.73. The number of aryl methyl sites for hydroxylation is 1. The number of halogens is 1. The van der Waals surface area contributed by atoms with Crippen LogP contribution in [-0.2, 0) is 12.3 Å². The molecule has 18 heavy (non-hydrogen) atoms. The summed E-state index contributed by atoms with van der Waals surface area (Å²) in [7, 11) is 0. The van der Waals surface area contributed by atoms with Crippen LogP contribution in [-0.4, -0.2) is 32.2 Å². The number of fused-ring (bicyclic) bond motifs is 3. The van der Waals surface area contributed by atoms with Crippen LogP contribution in [0, 0.1) is 6.92 Å². The highest BCUT2D eigenvalue weighted by atomic mass is 35.5. The lowest BCUT2D eigenvalue weighted by molar-refractivity contribution is 0.690. The van der Waals surface area contributed by atoms with Gasteiger partial charge in [0.15, 0.2) is 5.82 Å². The van der Waals surface area contributed by atoms with Gasteiger partial charge in [0.05, 0.1) is 5.88 Å². The van der Waals surface area contributed by atoms with Gasteiger partial charge in [-0.25, -0.2) is 4.98 Å². The van der Waals surface area contributed by atoms with Crippen molar-refractivity contribution < 1.29 is 0 Å². The molecule has 3 heterocycles. The van der Waals surface area contributed by atoms with Crippen LogP contribution in [0.4, 0.5) is 5.82 Å². The van der Waals surface area contributed by atoms with Gasteiger partial charge in [-0.3, -0.25) is 0 Å². The first-order valence-electron chi connectivity index (χ1n) is 6.19. The van der Waals surface area contributed by atoms with Crippen LogP contribution in [0.5, 0.6) is 0 Å². The van der Waals surface area contributed by atoms with Crippen LogP contribution in [0.3, 0.4) is 0 Å². The smallest absolute Gasteiger partial charge is 0.254 e. The molecule has 0 spiro atoms. The van der Waals surface area contributed by atoms with Gasteiger partial charge >= 0.3 is 0 Å². The molecule has 2 aromatic heterocycles. The fourth-order valence-corrected chi connectivity index (χ4v) is 2.67. The Bertz CT molecular complexity index is 604. The van der Waals surface area contributed by atoms with E-state index in [0.29, 0.717) is 23.5 Å². The molecule has 1 aliphatic rings. The molecule has 0 N–H and O–H groups in total. The SMILES string of the molecule is Cc1nc2nc(CCl)nn2c2c1CCN2C(C)C. The summed E-state index contributed by atoms with van der Waals surface area (Å²) in [5, 5.41) is 4.45. The van der Waals surface area contributed by atoms with E-state index < -0.39 is 0 Å². The highest BCUT2D eigenvalue weighted by Gasteiger charge is 2.27. The standard InChI is InChI=1S/C12H16ClN5/c1-7(2)17-5-4-9-8(3)14-12-15-10(6-13)16-18(12)11(9)17/h7H,4-6H2,1-3H3. The summed E-state index contributed by atoms with van der Waals surface area (Å²) < 4.78 is 1.84. The molecular weight excluding hydrogens is 250 g/mol. The van der Waals surface area contributed by atoms with Gasteiger partial charge in [-0.15, -0.1) is 16.7 Å². The molecule has 0 aromatic carbocycles. The van der Waals surface area contributed by atoms with E-state index in [1.165, 1.54) is 5.56 Å². The Hall–Kier alpha value is -1.36. The third kappa shape index (κ3) is 1.57. The highest BCUT2D eigenvalue weighted by Crippen LogP contribution is 2.31. The van der Waals surface area contributed by atoms with Crippen molar-refractivity contribution in [2.75, 3.05) is 11.4 Å². The lowest BCUT2D eigenvalue weighted by Gasteiger charge is -2.23. The molecule has 0 saturated carbocycles. The Morgan fingerprint density at radius 2 is 2.11 bits per heavy atom. The second-order valence-electron chi connectivity index (χ2n) is 4.91. The number of hydrogen-bond donors (Lipinski definition) is 0. The zero-order chi connectivity index (χ0) is 12.9. The van der Waals surface area contributed by atoms with Crippen molar-refractivity contribution in [3.05, 3.63) is 17.1 Å². The summed E-state index contributed by atoms with van der Waals surface area (Å²) in [6.07, 6.45) is 1.03. The van der Waals surface area contributed by atoms with Crippen LogP contribution in [0.25, 0.3) is 5.78 Å². The van der Waals surface area contributed by atoms with Crippen molar-refractivity contribution in [2.24, 2.45) is 0 Å². The molecule has 2 aromatic rings. The molecule has 0 radical (unpaired) electrons. The first kappa shape index (κ1) is 11.7. The van der Waals surface area contributed by atoms with Crippen molar-refractivity contribution in [3.63, 3.8) is 0 Å². The molecule has 0 amide bonds. The number of nitrogens with zero attached hydrogens (tertiary/aromatic N) is 5. The van der Waals surface area contributed by atoms with Crippen molar-refractivity contribution >= 4 is 23.2 Å². The zero-order valence-electron chi connectivity index (χ0n) is 10.8. The number of hydrogen-bond acceptors (Lipinski definition) is 4. The predicted molar refractivity (Wildman–Crippen MR) is 71.3 cm³/mol. The largest absolute Gasteiger partial charge is 0.353 e. The summed E-state index contributed by atoms with van der Waals surface area (Å²) in [6.45, 7) is 7.44. The summed E-state index contributed by atoms with van der Waals surface area (Å²) in [6, 6.07) is 0.444. The quantitative estimate of drug-likeness (QED) is 0.779. The van der Waals surface area contributed by atoms with Crippen LogP contribution in [0.1, 0.15) is 30.9 Å². The van der Waals surface area contributed by atoms with E-state index in [1.807, 2.05) is 11.4 Å². The van der Waals surface area contributed by atoms with Crippen LogP contribution >= 0.6 is 11.6 Å². The Labute approximate surface area is 111 Å². The van der Waals surface area contributed by atoms with Crippen molar-refractivity contribution in [2.45, 2.75) is 39.1 Å². The minimum absolute atomic E-state index is 0.318. The van der Waals surface area contributed by atoms with Gasteiger partial charge in [0.2, 0.25) is 0 Å². The minimum Gasteiger partial charge on any atom is -0.353 e. The van der Waals surface area contributed by atoms with E-state index in [1.54, 1.807) is 0 Å². The topological polar surface area (TPSA) is 46.3 Å². The first-order chi connectivity index (χ1) is 8.61. The number of rotatable bonds is 2. The van der Waals surface area contributed by atoms with E-state index in [0.717, 1.165) is 24.5 Å². The molecule has 0 atom stereocenters. The van der Waals surface area contributed by atoms with Crippen molar-refractivity contribution in [1.82, 2.24) is 19.6 Å².